The number of hydrogen-bond donors (Lipinski definition) is 1. The lowest BCUT2D eigenvalue weighted by Crippen LogP contribution is -2.21. The zero-order valence-corrected chi connectivity index (χ0v) is 11.8. The SMILES string of the molecule is CCc1ccccc1-n1nnnc1CNCC(C)C. The number of aromatic nitrogens is 4. The molecule has 0 aliphatic carbocycles. The van der Waals surface area contributed by atoms with Gasteiger partial charge in [0.25, 0.3) is 0 Å². The summed E-state index contributed by atoms with van der Waals surface area (Å²) in [6.07, 6.45) is 0.967. The molecule has 1 aromatic carbocycles. The number of tetrazole rings is 1. The van der Waals surface area contributed by atoms with Crippen molar-refractivity contribution in [2.24, 2.45) is 5.92 Å². The molecule has 0 bridgehead atoms. The molecule has 0 fully saturated rings. The third-order valence-corrected chi connectivity index (χ3v) is 2.97. The van der Waals surface area contributed by atoms with Crippen LogP contribution < -0.4 is 5.32 Å². The van der Waals surface area contributed by atoms with Gasteiger partial charge in [0, 0.05) is 0 Å². The molecule has 1 aromatic heterocycles. The Balaban J connectivity index is 2.19. The second-order valence-electron chi connectivity index (χ2n) is 5.01. The van der Waals surface area contributed by atoms with Crippen LogP contribution in [0.1, 0.15) is 32.2 Å². The summed E-state index contributed by atoms with van der Waals surface area (Å²) in [5, 5.41) is 15.4. The first-order chi connectivity index (χ1) is 9.22. The van der Waals surface area contributed by atoms with Gasteiger partial charge in [0.15, 0.2) is 5.82 Å². The van der Waals surface area contributed by atoms with Crippen LogP contribution in [-0.2, 0) is 13.0 Å². The second-order valence-corrected chi connectivity index (χ2v) is 5.01. The topological polar surface area (TPSA) is 55.6 Å². The molecule has 0 radical (unpaired) electrons. The van der Waals surface area contributed by atoms with Crippen molar-refractivity contribution >= 4 is 0 Å². The van der Waals surface area contributed by atoms with E-state index in [0.29, 0.717) is 12.5 Å². The molecule has 2 rings (SSSR count). The zero-order chi connectivity index (χ0) is 13.7. The molecule has 0 atom stereocenters. The minimum Gasteiger partial charge on any atom is -0.310 e. The van der Waals surface area contributed by atoms with E-state index in [1.807, 2.05) is 16.8 Å². The van der Waals surface area contributed by atoms with E-state index in [1.54, 1.807) is 0 Å². The highest BCUT2D eigenvalue weighted by molar-refractivity contribution is 5.40. The maximum atomic E-state index is 4.11. The van der Waals surface area contributed by atoms with Gasteiger partial charge in [0.2, 0.25) is 0 Å². The van der Waals surface area contributed by atoms with E-state index in [4.69, 9.17) is 0 Å². The third-order valence-electron chi connectivity index (χ3n) is 2.97. The largest absolute Gasteiger partial charge is 0.310 e. The number of aryl methyl sites for hydroxylation is 1. The highest BCUT2D eigenvalue weighted by Gasteiger charge is 2.10. The van der Waals surface area contributed by atoms with Gasteiger partial charge in [-0.05, 0) is 40.9 Å². The number of rotatable bonds is 6. The normalized spacial score (nSPS) is 11.2. The van der Waals surface area contributed by atoms with Crippen LogP contribution >= 0.6 is 0 Å². The van der Waals surface area contributed by atoms with Crippen LogP contribution in [0.5, 0.6) is 0 Å². The summed E-state index contributed by atoms with van der Waals surface area (Å²) in [4.78, 5) is 0. The van der Waals surface area contributed by atoms with Crippen LogP contribution in [0.15, 0.2) is 24.3 Å². The molecule has 0 saturated heterocycles. The molecular weight excluding hydrogens is 238 g/mol. The van der Waals surface area contributed by atoms with E-state index in [0.717, 1.165) is 24.5 Å². The van der Waals surface area contributed by atoms with Gasteiger partial charge in [0.05, 0.1) is 12.2 Å². The van der Waals surface area contributed by atoms with Gasteiger partial charge in [-0.25, -0.2) is 0 Å². The van der Waals surface area contributed by atoms with E-state index in [2.05, 4.69) is 53.7 Å². The van der Waals surface area contributed by atoms with Crippen LogP contribution in [-0.4, -0.2) is 26.8 Å². The molecule has 0 aliphatic heterocycles. The molecule has 0 aliphatic rings. The Morgan fingerprint density at radius 1 is 1.26 bits per heavy atom. The summed E-state index contributed by atoms with van der Waals surface area (Å²) in [6, 6.07) is 8.23. The summed E-state index contributed by atoms with van der Waals surface area (Å²) >= 11 is 0. The van der Waals surface area contributed by atoms with Gasteiger partial charge in [0.1, 0.15) is 0 Å². The minimum atomic E-state index is 0.618. The zero-order valence-electron chi connectivity index (χ0n) is 11.8. The summed E-state index contributed by atoms with van der Waals surface area (Å²) in [5.74, 6) is 1.47. The molecule has 0 saturated carbocycles. The Labute approximate surface area is 114 Å². The quantitative estimate of drug-likeness (QED) is 0.861. The Morgan fingerprint density at radius 3 is 2.79 bits per heavy atom. The van der Waals surface area contributed by atoms with Crippen LogP contribution in [0, 0.1) is 5.92 Å². The lowest BCUT2D eigenvalue weighted by atomic mass is 10.1. The first-order valence-electron chi connectivity index (χ1n) is 6.78. The Morgan fingerprint density at radius 2 is 2.05 bits per heavy atom. The summed E-state index contributed by atoms with van der Waals surface area (Å²) in [6.45, 7) is 8.15. The molecule has 0 unspecified atom stereocenters. The van der Waals surface area contributed by atoms with Gasteiger partial charge in [-0.2, -0.15) is 4.68 Å². The smallest absolute Gasteiger partial charge is 0.170 e. The van der Waals surface area contributed by atoms with E-state index in [-0.39, 0.29) is 0 Å². The molecule has 0 amide bonds. The van der Waals surface area contributed by atoms with Crippen LogP contribution in [0.2, 0.25) is 0 Å². The van der Waals surface area contributed by atoms with Crippen molar-refractivity contribution in [1.82, 2.24) is 25.5 Å². The Hall–Kier alpha value is -1.75. The fourth-order valence-electron chi connectivity index (χ4n) is 1.99. The molecule has 2 aromatic rings. The molecule has 5 heteroatoms. The molecule has 1 N–H and O–H groups in total. The maximum absolute atomic E-state index is 4.11. The fourth-order valence-corrected chi connectivity index (χ4v) is 1.99. The molecular formula is C14H21N5. The van der Waals surface area contributed by atoms with E-state index < -0.39 is 0 Å². The predicted octanol–water partition coefficient (Wildman–Crippen LogP) is 1.97. The lowest BCUT2D eigenvalue weighted by molar-refractivity contribution is 0.537. The van der Waals surface area contributed by atoms with Crippen molar-refractivity contribution in [1.29, 1.82) is 0 Å². The van der Waals surface area contributed by atoms with Crippen molar-refractivity contribution < 1.29 is 0 Å². The Bertz CT molecular complexity index is 518. The first-order valence-corrected chi connectivity index (χ1v) is 6.78. The number of nitrogens with one attached hydrogen (secondary N) is 1. The number of nitrogens with zero attached hydrogens (tertiary/aromatic N) is 4. The van der Waals surface area contributed by atoms with Crippen LogP contribution in [0.4, 0.5) is 0 Å². The molecule has 5 nitrogen and oxygen atoms in total. The minimum absolute atomic E-state index is 0.618. The fraction of sp³-hybridized carbons (Fsp3) is 0.500. The van der Waals surface area contributed by atoms with Crippen LogP contribution in [0.3, 0.4) is 0 Å². The van der Waals surface area contributed by atoms with Crippen LogP contribution in [0.25, 0.3) is 5.69 Å². The predicted molar refractivity (Wildman–Crippen MR) is 75.1 cm³/mol. The standard InChI is InChI=1S/C14H21N5/c1-4-12-7-5-6-8-13(12)19-14(16-17-18-19)10-15-9-11(2)3/h5-8,11,15H,4,9-10H2,1-3H3. The third kappa shape index (κ3) is 3.38. The lowest BCUT2D eigenvalue weighted by Gasteiger charge is -2.10. The maximum Gasteiger partial charge on any atom is 0.170 e. The van der Waals surface area contributed by atoms with E-state index in [9.17, 15) is 0 Å². The summed E-state index contributed by atoms with van der Waals surface area (Å²) in [7, 11) is 0. The number of benzene rings is 1. The van der Waals surface area contributed by atoms with Gasteiger partial charge >= 0.3 is 0 Å². The summed E-state index contributed by atoms with van der Waals surface area (Å²) in [5.41, 5.74) is 2.32. The van der Waals surface area contributed by atoms with Crippen molar-refractivity contribution in [2.45, 2.75) is 33.7 Å². The van der Waals surface area contributed by atoms with Crippen molar-refractivity contribution in [3.8, 4) is 5.69 Å². The second kappa shape index (κ2) is 6.43. The van der Waals surface area contributed by atoms with Crippen molar-refractivity contribution in [2.75, 3.05) is 6.54 Å². The van der Waals surface area contributed by atoms with E-state index in [1.165, 1.54) is 5.56 Å². The molecule has 1 heterocycles. The highest BCUT2D eigenvalue weighted by atomic mass is 15.5. The average molecular weight is 259 g/mol. The van der Waals surface area contributed by atoms with Gasteiger partial charge in [-0.3, -0.25) is 0 Å². The number of para-hydroxylation sites is 1. The number of hydrogen-bond acceptors (Lipinski definition) is 4. The summed E-state index contributed by atoms with van der Waals surface area (Å²) < 4.78 is 1.83. The average Bonchev–Trinajstić information content (AvgIpc) is 2.86. The molecule has 102 valence electrons. The highest BCUT2D eigenvalue weighted by Crippen LogP contribution is 2.14. The van der Waals surface area contributed by atoms with Gasteiger partial charge in [-0.1, -0.05) is 39.0 Å². The first kappa shape index (κ1) is 13.7. The molecule has 19 heavy (non-hydrogen) atoms. The monoisotopic (exact) mass is 259 g/mol. The van der Waals surface area contributed by atoms with Gasteiger partial charge < -0.3 is 5.32 Å². The van der Waals surface area contributed by atoms with Gasteiger partial charge in [-0.15, -0.1) is 5.10 Å². The van der Waals surface area contributed by atoms with Crippen molar-refractivity contribution in [3.63, 3.8) is 0 Å². The van der Waals surface area contributed by atoms with Crippen molar-refractivity contribution in [3.05, 3.63) is 35.7 Å². The van der Waals surface area contributed by atoms with E-state index >= 15 is 0 Å². The molecule has 0 spiro atoms. The Kier molecular flexibility index (Phi) is 4.63.